The quantitative estimate of drug-likeness (QED) is 0.540. The predicted molar refractivity (Wildman–Crippen MR) is 103 cm³/mol. The maximum Gasteiger partial charge on any atom is 0.420 e. The average Bonchev–Trinajstić information content (AvgIpc) is 2.93. The van der Waals surface area contributed by atoms with E-state index in [2.05, 4.69) is 0 Å². The van der Waals surface area contributed by atoms with Crippen molar-refractivity contribution in [1.82, 2.24) is 4.90 Å². The van der Waals surface area contributed by atoms with Gasteiger partial charge in [0.05, 0.1) is 18.7 Å². The molecule has 0 heterocycles. The summed E-state index contributed by atoms with van der Waals surface area (Å²) in [5.74, 6) is -0.428. The number of aryl methyl sites for hydroxylation is 1. The molecule has 28 heavy (non-hydrogen) atoms. The van der Waals surface area contributed by atoms with Crippen molar-refractivity contribution in [2.24, 2.45) is 0 Å². The molecule has 2 rings (SSSR count). The summed E-state index contributed by atoms with van der Waals surface area (Å²) in [4.78, 5) is 38.5. The summed E-state index contributed by atoms with van der Waals surface area (Å²) in [6.45, 7) is 10.4. The topological polar surface area (TPSA) is 82.1 Å². The number of ether oxygens (including phenoxy) is 3. The predicted octanol–water partition coefficient (Wildman–Crippen LogP) is 4.63. The molecule has 0 unspecified atom stereocenters. The molecule has 7 nitrogen and oxygen atoms in total. The zero-order chi connectivity index (χ0) is 21.3. The van der Waals surface area contributed by atoms with Crippen LogP contribution in [0, 0.1) is 0 Å². The summed E-state index contributed by atoms with van der Waals surface area (Å²) in [6, 6.07) is 4.60. The Morgan fingerprint density at radius 3 is 1.96 bits per heavy atom. The fourth-order valence-electron chi connectivity index (χ4n) is 3.06. The Bertz CT molecular complexity index is 744. The van der Waals surface area contributed by atoms with Crippen LogP contribution < -0.4 is 0 Å². The molecule has 0 saturated heterocycles. The van der Waals surface area contributed by atoms with E-state index in [4.69, 9.17) is 14.2 Å². The summed E-state index contributed by atoms with van der Waals surface area (Å²) < 4.78 is 15.7. The number of methoxy groups -OCH3 is 1. The van der Waals surface area contributed by atoms with Gasteiger partial charge in [0.15, 0.2) is 0 Å². The Kier molecular flexibility index (Phi) is 6.06. The molecule has 2 amide bonds. The van der Waals surface area contributed by atoms with Crippen LogP contribution in [0.1, 0.15) is 75.5 Å². The van der Waals surface area contributed by atoms with Gasteiger partial charge in [-0.25, -0.2) is 19.3 Å². The van der Waals surface area contributed by atoms with Gasteiger partial charge in [-0.05, 0) is 77.6 Å². The molecule has 0 N–H and O–H groups in total. The third-order valence-corrected chi connectivity index (χ3v) is 4.10. The molecule has 0 radical (unpaired) electrons. The lowest BCUT2D eigenvalue weighted by atomic mass is 10.0. The molecule has 0 fully saturated rings. The van der Waals surface area contributed by atoms with E-state index in [1.54, 1.807) is 59.7 Å². The van der Waals surface area contributed by atoms with Crippen LogP contribution in [0.15, 0.2) is 18.2 Å². The Morgan fingerprint density at radius 2 is 1.50 bits per heavy atom. The third kappa shape index (κ3) is 5.24. The van der Waals surface area contributed by atoms with Crippen LogP contribution in [-0.2, 0) is 20.6 Å². The summed E-state index contributed by atoms with van der Waals surface area (Å²) in [7, 11) is 1.32. The second-order valence-electron chi connectivity index (χ2n) is 8.79. The minimum atomic E-state index is -0.756. The van der Waals surface area contributed by atoms with Crippen LogP contribution in [0.5, 0.6) is 0 Å². The fourth-order valence-corrected chi connectivity index (χ4v) is 3.06. The van der Waals surface area contributed by atoms with Gasteiger partial charge < -0.3 is 14.2 Å². The minimum Gasteiger partial charge on any atom is -0.465 e. The third-order valence-electron chi connectivity index (χ3n) is 4.10. The van der Waals surface area contributed by atoms with Gasteiger partial charge in [-0.1, -0.05) is 6.07 Å². The largest absolute Gasteiger partial charge is 0.465 e. The number of carbonyl (C=O) groups is 3. The second-order valence-corrected chi connectivity index (χ2v) is 8.79. The molecule has 1 aromatic rings. The maximum absolute atomic E-state index is 12.8. The normalized spacial score (nSPS) is 16.2. The highest BCUT2D eigenvalue weighted by atomic mass is 16.6. The van der Waals surface area contributed by atoms with Gasteiger partial charge >= 0.3 is 18.2 Å². The van der Waals surface area contributed by atoms with Gasteiger partial charge in [0.1, 0.15) is 11.2 Å². The van der Waals surface area contributed by atoms with E-state index in [1.807, 2.05) is 0 Å². The first-order valence-corrected chi connectivity index (χ1v) is 9.29. The van der Waals surface area contributed by atoms with E-state index in [1.165, 1.54) is 7.11 Å². The van der Waals surface area contributed by atoms with Crippen molar-refractivity contribution in [1.29, 1.82) is 0 Å². The van der Waals surface area contributed by atoms with Crippen molar-refractivity contribution < 1.29 is 28.6 Å². The summed E-state index contributed by atoms with van der Waals surface area (Å²) in [5, 5.41) is 0. The number of amides is 2. The van der Waals surface area contributed by atoms with Crippen molar-refractivity contribution >= 4 is 18.2 Å². The molecule has 0 bridgehead atoms. The first-order valence-electron chi connectivity index (χ1n) is 9.29. The zero-order valence-corrected chi connectivity index (χ0v) is 17.6. The van der Waals surface area contributed by atoms with Crippen molar-refractivity contribution in [3.8, 4) is 0 Å². The summed E-state index contributed by atoms with van der Waals surface area (Å²) >= 11 is 0. The average molecular weight is 391 g/mol. The molecule has 154 valence electrons. The highest BCUT2D eigenvalue weighted by Gasteiger charge is 2.40. The SMILES string of the molecule is COC(=O)c1ccc2c(c1)CC[C@@H]2N(C(=O)OC(C)(C)C)C(=O)OC(C)(C)C. The maximum atomic E-state index is 12.8. The number of benzene rings is 1. The Labute approximate surface area is 165 Å². The number of hydrogen-bond donors (Lipinski definition) is 0. The lowest BCUT2D eigenvalue weighted by molar-refractivity contribution is -0.00756. The van der Waals surface area contributed by atoms with E-state index >= 15 is 0 Å². The highest BCUT2D eigenvalue weighted by molar-refractivity contribution is 5.90. The van der Waals surface area contributed by atoms with Crippen LogP contribution in [0.25, 0.3) is 0 Å². The number of imide groups is 1. The van der Waals surface area contributed by atoms with E-state index in [-0.39, 0.29) is 0 Å². The van der Waals surface area contributed by atoms with E-state index in [9.17, 15) is 14.4 Å². The standard InChI is InChI=1S/C21H29NO6/c1-20(2,3)27-18(24)22(19(25)28-21(4,5)6)16-11-9-13-12-14(17(23)26-7)8-10-15(13)16/h8,10,12,16H,9,11H2,1-7H3/t16-/m0/s1. The van der Waals surface area contributed by atoms with Crippen LogP contribution in [0.4, 0.5) is 9.59 Å². The van der Waals surface area contributed by atoms with Gasteiger partial charge in [0, 0.05) is 0 Å². The van der Waals surface area contributed by atoms with Gasteiger partial charge in [0.25, 0.3) is 0 Å². The molecular formula is C21H29NO6. The monoisotopic (exact) mass is 391 g/mol. The number of carbonyl (C=O) groups excluding carboxylic acids is 3. The van der Waals surface area contributed by atoms with Crippen molar-refractivity contribution in [2.75, 3.05) is 7.11 Å². The Hall–Kier alpha value is -2.57. The summed E-state index contributed by atoms with van der Waals surface area (Å²) in [6.07, 6.45) is -0.362. The Balaban J connectivity index is 2.39. The molecule has 0 saturated carbocycles. The van der Waals surface area contributed by atoms with E-state index in [0.717, 1.165) is 16.0 Å². The second kappa shape index (κ2) is 7.81. The van der Waals surface area contributed by atoms with E-state index in [0.29, 0.717) is 18.4 Å². The molecular weight excluding hydrogens is 362 g/mol. The Morgan fingerprint density at radius 1 is 0.964 bits per heavy atom. The van der Waals surface area contributed by atoms with Crippen molar-refractivity contribution in [2.45, 2.75) is 71.6 Å². The van der Waals surface area contributed by atoms with Gasteiger partial charge in [-0.2, -0.15) is 0 Å². The minimum absolute atomic E-state index is 0.428. The van der Waals surface area contributed by atoms with Gasteiger partial charge in [0.2, 0.25) is 0 Å². The summed E-state index contributed by atoms with van der Waals surface area (Å²) in [5.41, 5.74) is 0.610. The molecule has 0 aliphatic heterocycles. The van der Waals surface area contributed by atoms with Crippen LogP contribution >= 0.6 is 0 Å². The van der Waals surface area contributed by atoms with Crippen LogP contribution in [0.2, 0.25) is 0 Å². The smallest absolute Gasteiger partial charge is 0.420 e. The number of fused-ring (bicyclic) bond motifs is 1. The van der Waals surface area contributed by atoms with E-state index < -0.39 is 35.4 Å². The zero-order valence-electron chi connectivity index (χ0n) is 17.6. The van der Waals surface area contributed by atoms with Crippen LogP contribution in [0.3, 0.4) is 0 Å². The lowest BCUT2D eigenvalue weighted by Crippen LogP contribution is -2.45. The molecule has 1 aromatic carbocycles. The number of hydrogen-bond acceptors (Lipinski definition) is 6. The highest BCUT2D eigenvalue weighted by Crippen LogP contribution is 2.38. The number of esters is 1. The lowest BCUT2D eigenvalue weighted by Gasteiger charge is -2.32. The first kappa shape index (κ1) is 21.7. The first-order chi connectivity index (χ1) is 12.8. The molecule has 1 aliphatic rings. The van der Waals surface area contributed by atoms with Gasteiger partial charge in [-0.3, -0.25) is 0 Å². The van der Waals surface area contributed by atoms with Crippen molar-refractivity contribution in [3.05, 3.63) is 34.9 Å². The molecule has 7 heteroatoms. The number of rotatable bonds is 2. The van der Waals surface area contributed by atoms with Crippen molar-refractivity contribution in [3.63, 3.8) is 0 Å². The van der Waals surface area contributed by atoms with Crippen LogP contribution in [-0.4, -0.2) is 41.4 Å². The number of nitrogens with zero attached hydrogens (tertiary/aromatic N) is 1. The molecule has 0 spiro atoms. The molecule has 1 atom stereocenters. The fraction of sp³-hybridized carbons (Fsp3) is 0.571. The van der Waals surface area contributed by atoms with Gasteiger partial charge in [-0.15, -0.1) is 0 Å². The molecule has 1 aliphatic carbocycles. The molecule has 0 aromatic heterocycles.